The molecule has 1 amide bonds. The van der Waals surface area contributed by atoms with E-state index in [2.05, 4.69) is 9.97 Å². The number of H-pyrrole nitrogens is 1. The van der Waals surface area contributed by atoms with E-state index < -0.39 is 5.56 Å². The van der Waals surface area contributed by atoms with Gasteiger partial charge in [-0.05, 0) is 19.9 Å². The van der Waals surface area contributed by atoms with Gasteiger partial charge in [-0.1, -0.05) is 6.92 Å². The number of pyridine rings is 1. The molecular weight excluding hydrogens is 300 g/mol. The van der Waals surface area contributed by atoms with Crippen LogP contribution in [0.3, 0.4) is 0 Å². The van der Waals surface area contributed by atoms with E-state index in [1.54, 1.807) is 11.8 Å². The van der Waals surface area contributed by atoms with E-state index in [1.165, 1.54) is 17.4 Å². The molecule has 2 heterocycles. The van der Waals surface area contributed by atoms with Gasteiger partial charge in [0.2, 0.25) is 5.91 Å². The van der Waals surface area contributed by atoms with Crippen LogP contribution in [0.4, 0.5) is 5.13 Å². The normalized spacial score (nSPS) is 10.3. The zero-order valence-electron chi connectivity index (χ0n) is 12.6. The summed E-state index contributed by atoms with van der Waals surface area (Å²) in [6, 6.07) is 3.40. The quantitative estimate of drug-likeness (QED) is 0.938. The minimum Gasteiger partial charge on any atom is -0.325 e. The molecule has 0 fully saturated rings. The second-order valence-corrected chi connectivity index (χ2v) is 5.51. The van der Waals surface area contributed by atoms with Crippen molar-refractivity contribution in [1.82, 2.24) is 9.97 Å². The van der Waals surface area contributed by atoms with E-state index in [-0.39, 0.29) is 11.5 Å². The van der Waals surface area contributed by atoms with Crippen LogP contribution in [0.1, 0.15) is 31.5 Å². The number of nitrogens with one attached hydrogen (secondary N) is 1. The van der Waals surface area contributed by atoms with Crippen LogP contribution in [0.15, 0.2) is 16.2 Å². The van der Waals surface area contributed by atoms with Crippen molar-refractivity contribution in [3.8, 4) is 17.3 Å². The van der Waals surface area contributed by atoms with Crippen molar-refractivity contribution in [3.63, 3.8) is 0 Å². The van der Waals surface area contributed by atoms with Crippen LogP contribution in [0, 0.1) is 18.3 Å². The standard InChI is InChI=1S/C15H16N4O2S/c1-4-13(20)19(5-2)15-18-12(8-22-15)11-6-10(7-16)14(21)17-9(11)3/h6,8H,4-5H2,1-3H3,(H,17,21). The van der Waals surface area contributed by atoms with Crippen LogP contribution < -0.4 is 10.5 Å². The topological polar surface area (TPSA) is 89.8 Å². The average Bonchev–Trinajstić information content (AvgIpc) is 2.97. The van der Waals surface area contributed by atoms with Gasteiger partial charge < -0.3 is 4.98 Å². The number of thiazole rings is 1. The molecule has 0 aliphatic rings. The number of hydrogen-bond donors (Lipinski definition) is 1. The molecule has 0 aliphatic heterocycles. The smallest absolute Gasteiger partial charge is 0.266 e. The van der Waals surface area contributed by atoms with Gasteiger partial charge in [0.1, 0.15) is 11.6 Å². The Hall–Kier alpha value is -2.46. The first kappa shape index (κ1) is 15.9. The Bertz CT molecular complexity index is 801. The molecule has 0 spiro atoms. The third-order valence-electron chi connectivity index (χ3n) is 3.28. The SMILES string of the molecule is CCC(=O)N(CC)c1nc(-c2cc(C#N)c(=O)[nH]c2C)cs1. The molecule has 0 bridgehead atoms. The molecule has 2 aromatic heterocycles. The molecule has 0 aromatic carbocycles. The molecular formula is C15H16N4O2S. The molecule has 2 aromatic rings. The van der Waals surface area contributed by atoms with Crippen molar-refractivity contribution in [1.29, 1.82) is 5.26 Å². The van der Waals surface area contributed by atoms with Gasteiger partial charge in [-0.15, -0.1) is 11.3 Å². The largest absolute Gasteiger partial charge is 0.325 e. The Morgan fingerprint density at radius 3 is 2.82 bits per heavy atom. The maximum Gasteiger partial charge on any atom is 0.266 e. The predicted molar refractivity (Wildman–Crippen MR) is 85.9 cm³/mol. The van der Waals surface area contributed by atoms with Crippen molar-refractivity contribution in [3.05, 3.63) is 33.1 Å². The van der Waals surface area contributed by atoms with Gasteiger partial charge in [-0.3, -0.25) is 14.5 Å². The highest BCUT2D eigenvalue weighted by atomic mass is 32.1. The van der Waals surface area contributed by atoms with Crippen LogP contribution in [-0.4, -0.2) is 22.4 Å². The number of hydrogen-bond acceptors (Lipinski definition) is 5. The van der Waals surface area contributed by atoms with Crippen LogP contribution in [-0.2, 0) is 4.79 Å². The Morgan fingerprint density at radius 1 is 1.50 bits per heavy atom. The summed E-state index contributed by atoms with van der Waals surface area (Å²) >= 11 is 1.37. The predicted octanol–water partition coefficient (Wildman–Crippen LogP) is 2.44. The maximum atomic E-state index is 11.9. The summed E-state index contributed by atoms with van der Waals surface area (Å²) in [7, 11) is 0. The molecule has 2 rings (SSSR count). The van der Waals surface area contributed by atoms with Gasteiger partial charge in [0.05, 0.1) is 5.69 Å². The van der Waals surface area contributed by atoms with Gasteiger partial charge in [-0.2, -0.15) is 5.26 Å². The highest BCUT2D eigenvalue weighted by molar-refractivity contribution is 7.14. The number of aryl methyl sites for hydroxylation is 1. The Labute approximate surface area is 132 Å². The van der Waals surface area contributed by atoms with Crippen LogP contribution in [0.25, 0.3) is 11.3 Å². The molecule has 7 heteroatoms. The fourth-order valence-corrected chi connectivity index (χ4v) is 3.00. The van der Waals surface area contributed by atoms with Crippen molar-refractivity contribution >= 4 is 22.4 Å². The fourth-order valence-electron chi connectivity index (χ4n) is 2.09. The summed E-state index contributed by atoms with van der Waals surface area (Å²) in [6.07, 6.45) is 0.416. The van der Waals surface area contributed by atoms with E-state index in [0.29, 0.717) is 35.0 Å². The zero-order valence-corrected chi connectivity index (χ0v) is 13.5. The molecule has 1 N–H and O–H groups in total. The molecule has 0 atom stereocenters. The second kappa shape index (κ2) is 6.54. The summed E-state index contributed by atoms with van der Waals surface area (Å²) in [5.41, 5.74) is 1.62. The van der Waals surface area contributed by atoms with Crippen molar-refractivity contribution in [2.45, 2.75) is 27.2 Å². The highest BCUT2D eigenvalue weighted by Crippen LogP contribution is 2.29. The van der Waals surface area contributed by atoms with Crippen molar-refractivity contribution in [2.24, 2.45) is 0 Å². The minimum atomic E-state index is -0.407. The summed E-state index contributed by atoms with van der Waals surface area (Å²) in [4.78, 5) is 32.3. The first-order chi connectivity index (χ1) is 10.5. The lowest BCUT2D eigenvalue weighted by Crippen LogP contribution is -2.29. The van der Waals surface area contributed by atoms with Crippen LogP contribution in [0.2, 0.25) is 0 Å². The Balaban J connectivity index is 2.47. The van der Waals surface area contributed by atoms with E-state index in [1.807, 2.05) is 25.3 Å². The second-order valence-electron chi connectivity index (χ2n) is 4.67. The lowest BCUT2D eigenvalue weighted by Gasteiger charge is -2.16. The van der Waals surface area contributed by atoms with Crippen LogP contribution >= 0.6 is 11.3 Å². The summed E-state index contributed by atoms with van der Waals surface area (Å²) in [5.74, 6) is 0.0132. The fraction of sp³-hybridized carbons (Fsp3) is 0.333. The van der Waals surface area contributed by atoms with Gasteiger partial charge in [-0.25, -0.2) is 4.98 Å². The number of carbonyl (C=O) groups is 1. The third-order valence-corrected chi connectivity index (χ3v) is 4.14. The minimum absolute atomic E-state index is 0.0132. The number of rotatable bonds is 4. The van der Waals surface area contributed by atoms with Crippen LogP contribution in [0.5, 0.6) is 0 Å². The molecule has 114 valence electrons. The Kier molecular flexibility index (Phi) is 4.73. The number of aromatic amines is 1. The molecule has 0 saturated carbocycles. The Morgan fingerprint density at radius 2 is 2.23 bits per heavy atom. The zero-order chi connectivity index (χ0) is 16.3. The van der Waals surface area contributed by atoms with Gasteiger partial charge in [0, 0.05) is 29.6 Å². The first-order valence-corrected chi connectivity index (χ1v) is 7.80. The monoisotopic (exact) mass is 316 g/mol. The summed E-state index contributed by atoms with van der Waals surface area (Å²) < 4.78 is 0. The van der Waals surface area contributed by atoms with Gasteiger partial charge in [0.15, 0.2) is 5.13 Å². The lowest BCUT2D eigenvalue weighted by atomic mass is 10.1. The summed E-state index contributed by atoms with van der Waals surface area (Å²) in [6.45, 7) is 6.01. The average molecular weight is 316 g/mol. The highest BCUT2D eigenvalue weighted by Gasteiger charge is 2.17. The number of nitriles is 1. The van der Waals surface area contributed by atoms with Crippen molar-refractivity contribution < 1.29 is 4.79 Å². The number of amides is 1. The lowest BCUT2D eigenvalue weighted by molar-refractivity contribution is -0.118. The molecule has 0 unspecified atom stereocenters. The van der Waals surface area contributed by atoms with Gasteiger partial charge in [0.25, 0.3) is 5.56 Å². The van der Waals surface area contributed by atoms with E-state index in [0.717, 1.165) is 0 Å². The van der Waals surface area contributed by atoms with E-state index in [4.69, 9.17) is 5.26 Å². The van der Waals surface area contributed by atoms with Crippen molar-refractivity contribution in [2.75, 3.05) is 11.4 Å². The summed E-state index contributed by atoms with van der Waals surface area (Å²) in [5, 5.41) is 11.4. The van der Waals surface area contributed by atoms with E-state index >= 15 is 0 Å². The molecule has 0 saturated heterocycles. The molecule has 0 aliphatic carbocycles. The number of aromatic nitrogens is 2. The van der Waals surface area contributed by atoms with E-state index in [9.17, 15) is 9.59 Å². The molecule has 0 radical (unpaired) electrons. The molecule has 6 nitrogen and oxygen atoms in total. The number of nitrogens with zero attached hydrogens (tertiary/aromatic N) is 3. The maximum absolute atomic E-state index is 11.9. The third kappa shape index (κ3) is 2.92. The molecule has 22 heavy (non-hydrogen) atoms. The van der Waals surface area contributed by atoms with Gasteiger partial charge >= 0.3 is 0 Å². The number of anilines is 1. The number of carbonyl (C=O) groups excluding carboxylic acids is 1. The first-order valence-electron chi connectivity index (χ1n) is 6.92.